The summed E-state index contributed by atoms with van der Waals surface area (Å²) in [5, 5.41) is 0. The predicted octanol–water partition coefficient (Wildman–Crippen LogP) is 19.4. The minimum Gasteiger partial charge on any atom is -0.462 e. The van der Waals surface area contributed by atoms with Gasteiger partial charge in [0, 0.05) is 19.3 Å². The molecule has 0 aromatic carbocycles. The number of unbranched alkanes of at least 4 members (excludes halogenated alkanes) is 34. The van der Waals surface area contributed by atoms with E-state index < -0.39 is 6.10 Å². The molecule has 0 saturated heterocycles. The van der Waals surface area contributed by atoms with Crippen molar-refractivity contribution in [2.75, 3.05) is 13.2 Å². The van der Waals surface area contributed by atoms with Crippen LogP contribution in [0.3, 0.4) is 0 Å². The van der Waals surface area contributed by atoms with Gasteiger partial charge in [0.2, 0.25) is 0 Å². The van der Waals surface area contributed by atoms with Crippen LogP contribution in [0.2, 0.25) is 0 Å². The summed E-state index contributed by atoms with van der Waals surface area (Å²) < 4.78 is 16.9. The van der Waals surface area contributed by atoms with Gasteiger partial charge in [-0.25, -0.2) is 0 Å². The Balaban J connectivity index is 4.38. The van der Waals surface area contributed by atoms with Gasteiger partial charge in [0.1, 0.15) is 13.2 Å². The lowest BCUT2D eigenvalue weighted by atomic mass is 10.1. The van der Waals surface area contributed by atoms with E-state index in [9.17, 15) is 14.4 Å². The first-order valence-corrected chi connectivity index (χ1v) is 29.1. The van der Waals surface area contributed by atoms with Crippen molar-refractivity contribution in [3.63, 3.8) is 0 Å². The molecule has 0 N–H and O–H groups in total. The molecule has 0 aliphatic carbocycles. The van der Waals surface area contributed by atoms with Crippen molar-refractivity contribution in [3.05, 3.63) is 48.6 Å². The highest BCUT2D eigenvalue weighted by molar-refractivity contribution is 5.71. The van der Waals surface area contributed by atoms with E-state index in [0.29, 0.717) is 19.3 Å². The molecule has 0 heterocycles. The van der Waals surface area contributed by atoms with E-state index in [0.717, 1.165) is 83.5 Å². The first kappa shape index (κ1) is 64.4. The molecule has 67 heavy (non-hydrogen) atoms. The second-order valence-electron chi connectivity index (χ2n) is 19.5. The molecule has 0 rings (SSSR count). The topological polar surface area (TPSA) is 78.9 Å². The third-order valence-corrected chi connectivity index (χ3v) is 12.8. The zero-order valence-electron chi connectivity index (χ0n) is 44.7. The van der Waals surface area contributed by atoms with Crippen LogP contribution in [0.5, 0.6) is 0 Å². The van der Waals surface area contributed by atoms with Crippen molar-refractivity contribution >= 4 is 17.9 Å². The molecule has 0 atom stereocenters. The Hall–Kier alpha value is -2.63. The Bertz CT molecular complexity index is 1110. The number of allylic oxidation sites excluding steroid dienone is 8. The molecule has 0 spiro atoms. The maximum absolute atomic E-state index is 12.8. The van der Waals surface area contributed by atoms with Gasteiger partial charge in [-0.05, 0) is 103 Å². The fourth-order valence-corrected chi connectivity index (χ4v) is 8.35. The summed E-state index contributed by atoms with van der Waals surface area (Å²) in [7, 11) is 0. The lowest BCUT2D eigenvalue weighted by Crippen LogP contribution is -2.30. The van der Waals surface area contributed by atoms with Crippen LogP contribution in [0.15, 0.2) is 48.6 Å². The maximum Gasteiger partial charge on any atom is 0.306 e. The van der Waals surface area contributed by atoms with E-state index in [4.69, 9.17) is 14.2 Å². The van der Waals surface area contributed by atoms with Gasteiger partial charge in [-0.1, -0.05) is 230 Å². The number of esters is 3. The van der Waals surface area contributed by atoms with E-state index in [-0.39, 0.29) is 31.1 Å². The van der Waals surface area contributed by atoms with Gasteiger partial charge in [0.15, 0.2) is 6.10 Å². The van der Waals surface area contributed by atoms with Crippen molar-refractivity contribution in [1.82, 2.24) is 0 Å². The third kappa shape index (κ3) is 54.2. The van der Waals surface area contributed by atoms with Crippen LogP contribution in [0.25, 0.3) is 0 Å². The van der Waals surface area contributed by atoms with Gasteiger partial charge >= 0.3 is 17.9 Å². The Morgan fingerprint density at radius 1 is 0.299 bits per heavy atom. The van der Waals surface area contributed by atoms with Crippen LogP contribution in [0.4, 0.5) is 0 Å². The van der Waals surface area contributed by atoms with Crippen LogP contribution in [-0.2, 0) is 28.6 Å². The molecule has 390 valence electrons. The van der Waals surface area contributed by atoms with Gasteiger partial charge in [0.05, 0.1) is 0 Å². The Kier molecular flexibility index (Phi) is 53.8. The highest BCUT2D eigenvalue weighted by Crippen LogP contribution is 2.15. The van der Waals surface area contributed by atoms with Gasteiger partial charge in [-0.3, -0.25) is 14.4 Å². The molecule has 6 heteroatoms. The molecule has 6 nitrogen and oxygen atoms in total. The maximum atomic E-state index is 12.8. The van der Waals surface area contributed by atoms with Crippen molar-refractivity contribution in [1.29, 1.82) is 0 Å². The standard InChI is InChI=1S/C61H110O6/c1-4-7-10-13-16-19-22-25-28-30-33-35-38-41-44-47-50-53-59(62)65-56-58(67-61(64)55-52-49-46-43-40-37-32-27-24-21-18-15-12-9-6-3)57-66-60(63)54-51-48-45-42-39-36-34-31-29-26-23-20-17-14-11-8-5-2/h18,21,25-29,32,58H,4-17,19-20,22-24,30-31,33-57H2,1-3H3/b21-18-,28-25-,29-26-,32-27-. The zero-order valence-corrected chi connectivity index (χ0v) is 44.7. The molecule has 0 aromatic rings. The average molecular weight is 940 g/mol. The molecule has 0 unspecified atom stereocenters. The second-order valence-corrected chi connectivity index (χ2v) is 19.5. The molecule has 0 bridgehead atoms. The first-order chi connectivity index (χ1) is 33.0. The molecule has 0 fully saturated rings. The smallest absolute Gasteiger partial charge is 0.306 e. The van der Waals surface area contributed by atoms with Crippen molar-refractivity contribution in [2.45, 2.75) is 309 Å². The molecule has 0 aromatic heterocycles. The van der Waals surface area contributed by atoms with Crippen LogP contribution in [0, 0.1) is 0 Å². The largest absolute Gasteiger partial charge is 0.462 e. The van der Waals surface area contributed by atoms with E-state index in [1.54, 1.807) is 0 Å². The van der Waals surface area contributed by atoms with Crippen molar-refractivity contribution in [3.8, 4) is 0 Å². The summed E-state index contributed by atoms with van der Waals surface area (Å²) >= 11 is 0. The monoisotopic (exact) mass is 939 g/mol. The summed E-state index contributed by atoms with van der Waals surface area (Å²) in [6.07, 6.45) is 68.1. The van der Waals surface area contributed by atoms with Crippen LogP contribution in [0.1, 0.15) is 303 Å². The van der Waals surface area contributed by atoms with E-state index in [1.807, 2.05) is 0 Å². The Morgan fingerprint density at radius 2 is 0.537 bits per heavy atom. The SMILES string of the molecule is CCCCC/C=C\C/C=C\CCCCCCCC(=O)OC(COC(=O)CCCCCCCCC/C=C\CCCCCCCC)COC(=O)CCCCCCCCC/C=C\CCCCCCCC. The number of rotatable bonds is 53. The number of hydrogen-bond donors (Lipinski definition) is 0. The molecule has 0 amide bonds. The van der Waals surface area contributed by atoms with Crippen LogP contribution >= 0.6 is 0 Å². The zero-order chi connectivity index (χ0) is 48.6. The quantitative estimate of drug-likeness (QED) is 0.0262. The molecule has 0 aliphatic rings. The summed E-state index contributed by atoms with van der Waals surface area (Å²) in [4.78, 5) is 38.2. The lowest BCUT2D eigenvalue weighted by molar-refractivity contribution is -0.167. The normalized spacial score (nSPS) is 11.9. The fraction of sp³-hybridized carbons (Fsp3) is 0.820. The average Bonchev–Trinajstić information content (AvgIpc) is 3.33. The molecule has 0 aliphatic heterocycles. The second kappa shape index (κ2) is 56.0. The number of carbonyl (C=O) groups is 3. The number of hydrogen-bond acceptors (Lipinski definition) is 6. The molecular weight excluding hydrogens is 829 g/mol. The third-order valence-electron chi connectivity index (χ3n) is 12.8. The van der Waals surface area contributed by atoms with E-state index >= 15 is 0 Å². The summed E-state index contributed by atoms with van der Waals surface area (Å²) in [5.74, 6) is -0.890. The first-order valence-electron chi connectivity index (χ1n) is 29.1. The molecule has 0 saturated carbocycles. The lowest BCUT2D eigenvalue weighted by Gasteiger charge is -2.18. The van der Waals surface area contributed by atoms with E-state index in [2.05, 4.69) is 69.4 Å². The van der Waals surface area contributed by atoms with Crippen molar-refractivity contribution < 1.29 is 28.6 Å². The van der Waals surface area contributed by atoms with Crippen LogP contribution in [-0.4, -0.2) is 37.2 Å². The van der Waals surface area contributed by atoms with Gasteiger partial charge < -0.3 is 14.2 Å². The molecule has 0 radical (unpaired) electrons. The fourth-order valence-electron chi connectivity index (χ4n) is 8.35. The minimum atomic E-state index is -0.783. The summed E-state index contributed by atoms with van der Waals surface area (Å²) in [5.41, 5.74) is 0. The van der Waals surface area contributed by atoms with Gasteiger partial charge in [-0.2, -0.15) is 0 Å². The number of carbonyl (C=O) groups excluding carboxylic acids is 3. The van der Waals surface area contributed by atoms with E-state index in [1.165, 1.54) is 180 Å². The Morgan fingerprint density at radius 3 is 0.866 bits per heavy atom. The van der Waals surface area contributed by atoms with Gasteiger partial charge in [-0.15, -0.1) is 0 Å². The summed E-state index contributed by atoms with van der Waals surface area (Å²) in [6.45, 7) is 6.62. The minimum absolute atomic E-state index is 0.0810. The molecular formula is C61H110O6. The van der Waals surface area contributed by atoms with Gasteiger partial charge in [0.25, 0.3) is 0 Å². The highest BCUT2D eigenvalue weighted by Gasteiger charge is 2.19. The predicted molar refractivity (Wildman–Crippen MR) is 289 cm³/mol. The highest BCUT2D eigenvalue weighted by atomic mass is 16.6. The number of ether oxygens (including phenoxy) is 3. The Labute approximate surface area is 416 Å². The summed E-state index contributed by atoms with van der Waals surface area (Å²) in [6, 6.07) is 0. The van der Waals surface area contributed by atoms with Crippen molar-refractivity contribution in [2.24, 2.45) is 0 Å². The van der Waals surface area contributed by atoms with Crippen LogP contribution < -0.4 is 0 Å².